The Bertz CT molecular complexity index is 510. The van der Waals surface area contributed by atoms with Gasteiger partial charge in [-0.1, -0.05) is 13.8 Å². The van der Waals surface area contributed by atoms with Gasteiger partial charge in [0.15, 0.2) is 0 Å². The lowest BCUT2D eigenvalue weighted by Gasteiger charge is -2.23. The quantitative estimate of drug-likeness (QED) is 0.701. The molecule has 23 heavy (non-hydrogen) atoms. The van der Waals surface area contributed by atoms with Crippen LogP contribution in [-0.4, -0.2) is 53.7 Å². The molecule has 7 nitrogen and oxygen atoms in total. The highest BCUT2D eigenvalue weighted by Crippen LogP contribution is 2.15. The maximum Gasteiger partial charge on any atom is 0.239 e. The van der Waals surface area contributed by atoms with E-state index < -0.39 is 0 Å². The van der Waals surface area contributed by atoms with Gasteiger partial charge in [0.1, 0.15) is 0 Å². The maximum atomic E-state index is 11.9. The van der Waals surface area contributed by atoms with E-state index in [-0.39, 0.29) is 24.4 Å². The van der Waals surface area contributed by atoms with Crippen molar-refractivity contribution in [3.63, 3.8) is 0 Å². The van der Waals surface area contributed by atoms with Crippen LogP contribution in [0, 0.1) is 5.92 Å². The van der Waals surface area contributed by atoms with Crippen LogP contribution in [0.1, 0.15) is 38.3 Å². The zero-order valence-electron chi connectivity index (χ0n) is 14.8. The van der Waals surface area contributed by atoms with Crippen LogP contribution in [0.25, 0.3) is 0 Å². The molecule has 0 aliphatic carbocycles. The molecule has 0 fully saturated rings. The minimum atomic E-state index is -0.182. The minimum Gasteiger partial charge on any atom is -0.353 e. The van der Waals surface area contributed by atoms with Crippen LogP contribution >= 0.6 is 0 Å². The van der Waals surface area contributed by atoms with Crippen molar-refractivity contribution < 1.29 is 9.59 Å². The van der Waals surface area contributed by atoms with Gasteiger partial charge in [0.2, 0.25) is 11.8 Å². The zero-order chi connectivity index (χ0) is 17.4. The zero-order valence-corrected chi connectivity index (χ0v) is 14.8. The fourth-order valence-electron chi connectivity index (χ4n) is 2.17. The fraction of sp³-hybridized carbons (Fsp3) is 0.688. The van der Waals surface area contributed by atoms with E-state index >= 15 is 0 Å². The number of nitrogens with zero attached hydrogens (tertiary/aromatic N) is 3. The van der Waals surface area contributed by atoms with Crippen molar-refractivity contribution in [2.45, 2.75) is 32.7 Å². The van der Waals surface area contributed by atoms with Gasteiger partial charge in [-0.25, -0.2) is 0 Å². The van der Waals surface area contributed by atoms with Gasteiger partial charge in [-0.15, -0.1) is 0 Å². The van der Waals surface area contributed by atoms with Gasteiger partial charge < -0.3 is 15.5 Å². The smallest absolute Gasteiger partial charge is 0.239 e. The van der Waals surface area contributed by atoms with E-state index in [4.69, 9.17) is 0 Å². The van der Waals surface area contributed by atoms with Gasteiger partial charge >= 0.3 is 0 Å². The van der Waals surface area contributed by atoms with Crippen molar-refractivity contribution >= 4 is 11.8 Å². The molecule has 0 unspecified atom stereocenters. The first-order valence-corrected chi connectivity index (χ1v) is 7.98. The molecule has 0 bridgehead atoms. The summed E-state index contributed by atoms with van der Waals surface area (Å²) in [7, 11) is 5.77. The van der Waals surface area contributed by atoms with Crippen molar-refractivity contribution in [3.8, 4) is 0 Å². The van der Waals surface area contributed by atoms with E-state index in [0.29, 0.717) is 18.9 Å². The lowest BCUT2D eigenvalue weighted by atomic mass is 10.1. The number of carbonyl (C=O) groups excluding carboxylic acids is 2. The number of rotatable bonds is 9. The molecule has 130 valence electrons. The number of nitrogens with one attached hydrogen (secondary N) is 2. The molecule has 0 spiro atoms. The molecule has 0 aliphatic heterocycles. The van der Waals surface area contributed by atoms with Gasteiger partial charge in [0.25, 0.3) is 0 Å². The first-order chi connectivity index (χ1) is 10.8. The largest absolute Gasteiger partial charge is 0.353 e. The predicted octanol–water partition coefficient (Wildman–Crippen LogP) is 0.691. The summed E-state index contributed by atoms with van der Waals surface area (Å²) in [5.41, 5.74) is 1.04. The number of hydrogen-bond acceptors (Lipinski definition) is 4. The Kier molecular flexibility index (Phi) is 7.74. The van der Waals surface area contributed by atoms with Crippen molar-refractivity contribution in [2.24, 2.45) is 13.0 Å². The van der Waals surface area contributed by atoms with E-state index in [9.17, 15) is 9.59 Å². The number of hydrogen-bond donors (Lipinski definition) is 2. The second-order valence-corrected chi connectivity index (χ2v) is 6.44. The van der Waals surface area contributed by atoms with Crippen LogP contribution in [0.15, 0.2) is 12.4 Å². The molecule has 0 aliphatic rings. The van der Waals surface area contributed by atoms with Crippen molar-refractivity contribution in [2.75, 3.05) is 27.2 Å². The summed E-state index contributed by atoms with van der Waals surface area (Å²) in [4.78, 5) is 25.5. The molecule has 1 heterocycles. The summed E-state index contributed by atoms with van der Waals surface area (Å²) in [6, 6.07) is 0.0456. The van der Waals surface area contributed by atoms with Crippen LogP contribution in [0.5, 0.6) is 0 Å². The molecule has 7 heteroatoms. The van der Waals surface area contributed by atoms with Crippen LogP contribution in [0.3, 0.4) is 0 Å². The normalized spacial score (nSPS) is 12.5. The SMILES string of the molecule is CC(C)CCC(=O)NCC(=O)NC[C@H](c1cnn(C)c1)N(C)C. The Morgan fingerprint density at radius 3 is 2.48 bits per heavy atom. The molecule has 0 radical (unpaired) electrons. The lowest BCUT2D eigenvalue weighted by Crippen LogP contribution is -2.40. The van der Waals surface area contributed by atoms with Gasteiger partial charge in [-0.05, 0) is 26.4 Å². The molecule has 2 amide bonds. The summed E-state index contributed by atoms with van der Waals surface area (Å²) >= 11 is 0. The maximum absolute atomic E-state index is 11.9. The molecule has 1 aromatic heterocycles. The summed E-state index contributed by atoms with van der Waals surface area (Å²) in [5.74, 6) is 0.221. The molecule has 1 atom stereocenters. The first-order valence-electron chi connectivity index (χ1n) is 7.98. The first kappa shape index (κ1) is 19.2. The monoisotopic (exact) mass is 323 g/mol. The van der Waals surface area contributed by atoms with Gasteiger partial charge in [0.05, 0.1) is 18.8 Å². The third-order valence-corrected chi connectivity index (χ3v) is 3.62. The highest BCUT2D eigenvalue weighted by molar-refractivity contribution is 5.84. The van der Waals surface area contributed by atoms with Gasteiger partial charge in [-0.3, -0.25) is 14.3 Å². The Morgan fingerprint density at radius 1 is 1.26 bits per heavy atom. The molecule has 1 aromatic rings. The van der Waals surface area contributed by atoms with Crippen molar-refractivity contribution in [1.29, 1.82) is 0 Å². The van der Waals surface area contributed by atoms with E-state index in [1.807, 2.05) is 32.2 Å². The molecule has 0 saturated carbocycles. The highest BCUT2D eigenvalue weighted by Gasteiger charge is 2.17. The standard InChI is InChI=1S/C16H29N5O2/c1-12(2)6-7-15(22)18-10-16(23)17-9-14(20(3)4)13-8-19-21(5)11-13/h8,11-12,14H,6-7,9-10H2,1-5H3,(H,17,23)(H,18,22)/t14-/m1/s1. The molecule has 2 N–H and O–H groups in total. The molecule has 1 rings (SSSR count). The summed E-state index contributed by atoms with van der Waals surface area (Å²) in [6.07, 6.45) is 5.02. The third-order valence-electron chi connectivity index (χ3n) is 3.62. The molecule has 0 saturated heterocycles. The Hall–Kier alpha value is -1.89. The summed E-state index contributed by atoms with van der Waals surface area (Å²) < 4.78 is 1.74. The van der Waals surface area contributed by atoms with E-state index in [2.05, 4.69) is 29.6 Å². The van der Waals surface area contributed by atoms with Gasteiger partial charge in [-0.2, -0.15) is 5.10 Å². The summed E-state index contributed by atoms with van der Waals surface area (Å²) in [5, 5.41) is 9.67. The van der Waals surface area contributed by atoms with E-state index in [1.54, 1.807) is 10.9 Å². The molecular weight excluding hydrogens is 294 g/mol. The lowest BCUT2D eigenvalue weighted by molar-refractivity contribution is -0.126. The number of amides is 2. The second kappa shape index (κ2) is 9.29. The number of aryl methyl sites for hydroxylation is 1. The van der Waals surface area contributed by atoms with Crippen molar-refractivity contribution in [1.82, 2.24) is 25.3 Å². The van der Waals surface area contributed by atoms with Crippen molar-refractivity contribution in [3.05, 3.63) is 18.0 Å². The Labute approximate surface area is 138 Å². The van der Waals surface area contributed by atoms with Crippen LogP contribution in [0.4, 0.5) is 0 Å². The fourth-order valence-corrected chi connectivity index (χ4v) is 2.17. The Balaban J connectivity index is 2.37. The average Bonchev–Trinajstić information content (AvgIpc) is 2.89. The highest BCUT2D eigenvalue weighted by atomic mass is 16.2. The van der Waals surface area contributed by atoms with E-state index in [0.717, 1.165) is 12.0 Å². The molecule has 0 aromatic carbocycles. The van der Waals surface area contributed by atoms with Crippen LogP contribution in [0.2, 0.25) is 0 Å². The number of aromatic nitrogens is 2. The average molecular weight is 323 g/mol. The predicted molar refractivity (Wildman–Crippen MR) is 89.7 cm³/mol. The number of carbonyl (C=O) groups is 2. The number of likely N-dealkylation sites (N-methyl/N-ethyl adjacent to an activating group) is 1. The minimum absolute atomic E-state index is 0.0180. The summed E-state index contributed by atoms with van der Waals surface area (Å²) in [6.45, 7) is 4.63. The van der Waals surface area contributed by atoms with E-state index in [1.165, 1.54) is 0 Å². The van der Waals surface area contributed by atoms with Crippen LogP contribution < -0.4 is 10.6 Å². The topological polar surface area (TPSA) is 79.3 Å². The third kappa shape index (κ3) is 7.27. The van der Waals surface area contributed by atoms with Gasteiger partial charge in [0, 0.05) is 31.8 Å². The Morgan fingerprint density at radius 2 is 1.96 bits per heavy atom. The second-order valence-electron chi connectivity index (χ2n) is 6.44. The van der Waals surface area contributed by atoms with Crippen LogP contribution in [-0.2, 0) is 16.6 Å². The molecular formula is C16H29N5O2.